The van der Waals surface area contributed by atoms with E-state index in [0.29, 0.717) is 22.1 Å². The molecule has 0 aromatic heterocycles. The topological polar surface area (TPSA) is 82.9 Å². The summed E-state index contributed by atoms with van der Waals surface area (Å²) in [5.41, 5.74) is 23.1. The van der Waals surface area contributed by atoms with Gasteiger partial charge in [0.05, 0.1) is 53.7 Å². The minimum Gasteiger partial charge on any atom is -1.00 e. The van der Waals surface area contributed by atoms with Crippen LogP contribution in [-0.2, 0) is 48.1 Å². The van der Waals surface area contributed by atoms with Gasteiger partial charge in [-0.2, -0.15) is 10.2 Å². The zero-order valence-electron chi connectivity index (χ0n) is 34.2. The molecule has 2 N–H and O–H groups in total. The second kappa shape index (κ2) is 19.1. The maximum absolute atomic E-state index is 12.3. The lowest BCUT2D eigenvalue weighted by molar-refractivity contribution is -0.862. The number of quaternary nitrogens is 2. The molecule has 0 spiro atoms. The number of carbonyl (C=O) groups is 2. The van der Waals surface area contributed by atoms with Gasteiger partial charge < -0.3 is 33.8 Å². The van der Waals surface area contributed by atoms with Crippen molar-refractivity contribution in [2.75, 3.05) is 55.4 Å². The maximum Gasteiger partial charge on any atom is 0.295 e. The van der Waals surface area contributed by atoms with E-state index in [1.165, 1.54) is 94.2 Å². The van der Waals surface area contributed by atoms with E-state index in [4.69, 9.17) is 0 Å². The van der Waals surface area contributed by atoms with Gasteiger partial charge in [-0.3, -0.25) is 9.59 Å². The van der Waals surface area contributed by atoms with Gasteiger partial charge in [-0.05, 0) is 121 Å². The summed E-state index contributed by atoms with van der Waals surface area (Å²) >= 11 is 0. The third kappa shape index (κ3) is 11.1. The van der Waals surface area contributed by atoms with Crippen molar-refractivity contribution < 1.29 is 43.4 Å². The molecule has 8 rings (SSSR count). The van der Waals surface area contributed by atoms with Gasteiger partial charge in [0.2, 0.25) is 0 Å². The number of carbonyl (C=O) groups excluding carboxylic acids is 2. The van der Waals surface area contributed by atoms with Crippen LogP contribution in [-0.4, -0.2) is 87.6 Å². The van der Waals surface area contributed by atoms with Crippen LogP contribution in [0.2, 0.25) is 0 Å². The lowest BCUT2D eigenvalue weighted by atomic mass is 9.80. The number of hydrogen-bond donors (Lipinski definition) is 2. The molecule has 304 valence electrons. The highest BCUT2D eigenvalue weighted by molar-refractivity contribution is 6.17. The molecule has 0 radical (unpaired) electrons. The van der Waals surface area contributed by atoms with Crippen LogP contribution < -0.4 is 35.7 Å². The number of nitrogens with zero attached hydrogens (tertiary/aromatic N) is 4. The second-order valence-electron chi connectivity index (χ2n) is 17.5. The Hall–Kier alpha value is -4.05. The lowest BCUT2D eigenvalue weighted by Crippen LogP contribution is -3.00. The number of likely N-dealkylation sites (N-methyl/N-ethyl adjacent to an activating group) is 2. The number of amides is 2. The molecule has 0 saturated carbocycles. The van der Waals surface area contributed by atoms with Gasteiger partial charge in [0.25, 0.3) is 11.8 Å². The SMILES string of the molecule is C[N+](C)(C)CC(=O)NN=C1c2ccccc2Cc2cc3c(cc21)CCCC3.C[N+](C)(C)CC(=O)NN=C1c2ccccc2Cc2cc3c(cc21)CCCC3.Cl.[Cl-].[Cl-]. The van der Waals surface area contributed by atoms with Crippen LogP contribution in [0.1, 0.15) is 92.4 Å². The van der Waals surface area contributed by atoms with Crippen molar-refractivity contribution in [3.63, 3.8) is 0 Å². The van der Waals surface area contributed by atoms with Gasteiger partial charge in [-0.1, -0.05) is 60.7 Å². The minimum absolute atomic E-state index is 0. The third-order valence-corrected chi connectivity index (χ3v) is 10.8. The van der Waals surface area contributed by atoms with Crippen LogP contribution in [0.3, 0.4) is 0 Å². The smallest absolute Gasteiger partial charge is 0.295 e. The van der Waals surface area contributed by atoms with Gasteiger partial charge >= 0.3 is 0 Å². The number of nitrogens with one attached hydrogen (secondary N) is 2. The Morgan fingerprint density at radius 3 is 1.18 bits per heavy atom. The molecule has 8 nitrogen and oxygen atoms in total. The molecule has 0 aliphatic heterocycles. The van der Waals surface area contributed by atoms with Gasteiger partial charge in [-0.25, -0.2) is 10.9 Å². The summed E-state index contributed by atoms with van der Waals surface area (Å²) in [5, 5.41) is 9.21. The van der Waals surface area contributed by atoms with E-state index in [0.717, 1.165) is 48.2 Å². The Morgan fingerprint density at radius 2 is 0.825 bits per heavy atom. The highest BCUT2D eigenvalue weighted by Crippen LogP contribution is 2.34. The number of hydrogen-bond acceptors (Lipinski definition) is 4. The molecule has 57 heavy (non-hydrogen) atoms. The van der Waals surface area contributed by atoms with E-state index in [-0.39, 0.29) is 49.0 Å². The van der Waals surface area contributed by atoms with E-state index < -0.39 is 0 Å². The Kier molecular flexibility index (Phi) is 15.3. The van der Waals surface area contributed by atoms with Crippen LogP contribution in [0.5, 0.6) is 0 Å². The number of aryl methyl sites for hydroxylation is 4. The first kappa shape index (κ1) is 45.6. The molecule has 4 aromatic carbocycles. The number of halogens is 3. The molecular formula is C46H57Cl3N6O2. The standard InChI is InChI=1S/2C23H27N3O.3ClH/c2*1-26(2,3)15-22(27)24-25-23-20-11-7-6-10-18(20)13-19-12-16-8-4-5-9-17(16)14-21(19)23;;;/h2*6-7,10-12,14H,4-5,8-9,13,15H2,1-3H3;3*1H. The lowest BCUT2D eigenvalue weighted by Gasteiger charge is -2.26. The average Bonchev–Trinajstić information content (AvgIpc) is 3.12. The zero-order valence-corrected chi connectivity index (χ0v) is 36.5. The highest BCUT2D eigenvalue weighted by atomic mass is 35.5. The maximum atomic E-state index is 12.3. The molecule has 2 amide bonds. The molecule has 11 heteroatoms. The van der Waals surface area contributed by atoms with Crippen LogP contribution >= 0.6 is 12.4 Å². The van der Waals surface area contributed by atoms with Gasteiger partial charge in [0, 0.05) is 22.3 Å². The fraction of sp³-hybridized carbons (Fsp3) is 0.391. The molecule has 0 atom stereocenters. The number of fused-ring (bicyclic) bond motifs is 6. The number of benzene rings is 4. The van der Waals surface area contributed by atoms with Crippen molar-refractivity contribution in [2.45, 2.75) is 64.2 Å². The van der Waals surface area contributed by atoms with E-state index in [9.17, 15) is 9.59 Å². The highest BCUT2D eigenvalue weighted by Gasteiger charge is 2.26. The monoisotopic (exact) mass is 830 g/mol. The Bertz CT molecular complexity index is 2010. The van der Waals surface area contributed by atoms with Crippen molar-refractivity contribution in [2.24, 2.45) is 10.2 Å². The van der Waals surface area contributed by atoms with Crippen LogP contribution in [0, 0.1) is 0 Å². The summed E-state index contributed by atoms with van der Waals surface area (Å²) in [6, 6.07) is 26.2. The van der Waals surface area contributed by atoms with E-state index in [1.54, 1.807) is 0 Å². The van der Waals surface area contributed by atoms with Crippen molar-refractivity contribution >= 4 is 35.6 Å². The number of hydrazone groups is 2. The summed E-state index contributed by atoms with van der Waals surface area (Å²) in [6.45, 7) is 0.797. The molecule has 0 fully saturated rings. The van der Waals surface area contributed by atoms with Gasteiger partial charge in [-0.15, -0.1) is 12.4 Å². The molecular weight excluding hydrogens is 775 g/mol. The van der Waals surface area contributed by atoms with Crippen LogP contribution in [0.4, 0.5) is 0 Å². The summed E-state index contributed by atoms with van der Waals surface area (Å²) < 4.78 is 1.16. The summed E-state index contributed by atoms with van der Waals surface area (Å²) in [6.07, 6.45) is 11.6. The normalized spacial score (nSPS) is 16.2. The Balaban J connectivity index is 0.000000240. The van der Waals surface area contributed by atoms with Gasteiger partial charge in [0.15, 0.2) is 13.1 Å². The van der Waals surface area contributed by atoms with Crippen molar-refractivity contribution in [1.29, 1.82) is 0 Å². The largest absolute Gasteiger partial charge is 1.00 e. The molecule has 4 aliphatic rings. The number of rotatable bonds is 6. The molecule has 4 aromatic rings. The van der Waals surface area contributed by atoms with E-state index in [2.05, 4.69) is 81.7 Å². The third-order valence-electron chi connectivity index (χ3n) is 10.8. The first-order valence-electron chi connectivity index (χ1n) is 19.6. The quantitative estimate of drug-likeness (QED) is 0.190. The second-order valence-corrected chi connectivity index (χ2v) is 17.5. The fourth-order valence-electron chi connectivity index (χ4n) is 8.33. The summed E-state index contributed by atoms with van der Waals surface area (Å²) in [4.78, 5) is 24.6. The Morgan fingerprint density at radius 1 is 0.491 bits per heavy atom. The zero-order chi connectivity index (χ0) is 38.0. The first-order chi connectivity index (χ1) is 25.8. The van der Waals surface area contributed by atoms with Crippen LogP contribution in [0.15, 0.2) is 83.0 Å². The molecule has 0 saturated heterocycles. The summed E-state index contributed by atoms with van der Waals surface area (Å²) in [5.74, 6) is -0.116. The van der Waals surface area contributed by atoms with Crippen LogP contribution in [0.25, 0.3) is 0 Å². The first-order valence-corrected chi connectivity index (χ1v) is 19.6. The molecule has 0 unspecified atom stereocenters. The predicted molar refractivity (Wildman–Crippen MR) is 225 cm³/mol. The van der Waals surface area contributed by atoms with Gasteiger partial charge in [0.1, 0.15) is 0 Å². The molecule has 4 aliphatic carbocycles. The van der Waals surface area contributed by atoms with E-state index >= 15 is 0 Å². The molecule has 0 heterocycles. The summed E-state index contributed by atoms with van der Waals surface area (Å²) in [7, 11) is 12.0. The van der Waals surface area contributed by atoms with Crippen molar-refractivity contribution in [3.05, 3.63) is 140 Å². The minimum atomic E-state index is -0.0578. The Labute approximate surface area is 357 Å². The van der Waals surface area contributed by atoms with E-state index in [1.807, 2.05) is 54.4 Å². The van der Waals surface area contributed by atoms with Crippen molar-refractivity contribution in [1.82, 2.24) is 10.9 Å². The predicted octanol–water partition coefficient (Wildman–Crippen LogP) is 0.519. The fourth-order valence-corrected chi connectivity index (χ4v) is 8.33. The molecule has 0 bridgehead atoms. The van der Waals surface area contributed by atoms with Crippen molar-refractivity contribution in [3.8, 4) is 0 Å². The average molecular weight is 832 g/mol.